The Bertz CT molecular complexity index is 304. The summed E-state index contributed by atoms with van der Waals surface area (Å²) in [6.45, 7) is 3.32. The van der Waals surface area contributed by atoms with Gasteiger partial charge < -0.3 is 5.32 Å². The Hall–Kier alpha value is 0.01000. The average molecular weight is 284 g/mol. The summed E-state index contributed by atoms with van der Waals surface area (Å²) in [4.78, 5) is 1.53. The second-order valence-corrected chi connectivity index (χ2v) is 7.48. The molecular formula is C15H25NS2. The minimum absolute atomic E-state index is 0.697. The van der Waals surface area contributed by atoms with Crippen molar-refractivity contribution in [2.75, 3.05) is 12.3 Å². The summed E-state index contributed by atoms with van der Waals surface area (Å²) in [5, 5.41) is 6.79. The molecule has 2 rings (SSSR count). The standard InChI is InChI=1S/C15H25NS2/c1-2-16-13(9-10-15-8-5-11-17-15)12-18-14-6-3-4-7-14/h5,8,11,13-14,16H,2-4,6-7,9-10,12H2,1H3. The third-order valence-corrected chi connectivity index (χ3v) is 6.12. The lowest BCUT2D eigenvalue weighted by molar-refractivity contribution is 0.538. The zero-order valence-electron chi connectivity index (χ0n) is 11.4. The van der Waals surface area contributed by atoms with Crippen LogP contribution in [-0.4, -0.2) is 23.6 Å². The van der Waals surface area contributed by atoms with E-state index in [9.17, 15) is 0 Å². The summed E-state index contributed by atoms with van der Waals surface area (Å²) in [6.07, 6.45) is 8.34. The van der Waals surface area contributed by atoms with Crippen molar-refractivity contribution in [1.82, 2.24) is 5.32 Å². The topological polar surface area (TPSA) is 12.0 Å². The van der Waals surface area contributed by atoms with Gasteiger partial charge in [-0.2, -0.15) is 11.8 Å². The number of rotatable bonds is 8. The summed E-state index contributed by atoms with van der Waals surface area (Å²) < 4.78 is 0. The zero-order chi connectivity index (χ0) is 12.6. The molecule has 1 N–H and O–H groups in total. The lowest BCUT2D eigenvalue weighted by Gasteiger charge is -2.19. The maximum absolute atomic E-state index is 3.65. The largest absolute Gasteiger partial charge is 0.313 e. The number of nitrogens with one attached hydrogen (secondary N) is 1. The lowest BCUT2D eigenvalue weighted by atomic mass is 10.1. The fraction of sp³-hybridized carbons (Fsp3) is 0.733. The van der Waals surface area contributed by atoms with Crippen LogP contribution in [0.15, 0.2) is 17.5 Å². The Kier molecular flexibility index (Phi) is 6.60. The van der Waals surface area contributed by atoms with Gasteiger partial charge in [0.15, 0.2) is 0 Å². The molecule has 0 amide bonds. The van der Waals surface area contributed by atoms with E-state index >= 15 is 0 Å². The quantitative estimate of drug-likeness (QED) is 0.762. The first-order valence-corrected chi connectivity index (χ1v) is 9.18. The molecule has 102 valence electrons. The van der Waals surface area contributed by atoms with Crippen LogP contribution in [0.1, 0.15) is 43.9 Å². The lowest BCUT2D eigenvalue weighted by Crippen LogP contribution is -2.32. The minimum Gasteiger partial charge on any atom is -0.313 e. The molecule has 1 heterocycles. The highest BCUT2D eigenvalue weighted by Gasteiger charge is 2.17. The van der Waals surface area contributed by atoms with Crippen molar-refractivity contribution in [2.45, 2.75) is 56.7 Å². The smallest absolute Gasteiger partial charge is 0.0161 e. The van der Waals surface area contributed by atoms with E-state index in [1.807, 2.05) is 11.3 Å². The molecule has 1 aliphatic rings. The highest BCUT2D eigenvalue weighted by atomic mass is 32.2. The van der Waals surface area contributed by atoms with E-state index in [4.69, 9.17) is 0 Å². The van der Waals surface area contributed by atoms with Gasteiger partial charge >= 0.3 is 0 Å². The number of thiophene rings is 1. The molecule has 1 nitrogen and oxygen atoms in total. The second-order valence-electron chi connectivity index (χ2n) is 5.11. The summed E-state index contributed by atoms with van der Waals surface area (Å²) in [5.74, 6) is 1.30. The maximum atomic E-state index is 3.65. The molecule has 18 heavy (non-hydrogen) atoms. The molecule has 0 saturated heterocycles. The predicted molar refractivity (Wildman–Crippen MR) is 84.8 cm³/mol. The first-order valence-electron chi connectivity index (χ1n) is 7.26. The molecule has 0 aromatic carbocycles. The molecule has 1 saturated carbocycles. The van der Waals surface area contributed by atoms with Gasteiger partial charge in [-0.3, -0.25) is 0 Å². The van der Waals surface area contributed by atoms with Gasteiger partial charge in [0.25, 0.3) is 0 Å². The van der Waals surface area contributed by atoms with Crippen molar-refractivity contribution < 1.29 is 0 Å². The van der Waals surface area contributed by atoms with Crippen LogP contribution >= 0.6 is 23.1 Å². The number of hydrogen-bond acceptors (Lipinski definition) is 3. The van der Waals surface area contributed by atoms with Gasteiger partial charge in [0, 0.05) is 21.9 Å². The Balaban J connectivity index is 1.69. The molecule has 1 aromatic rings. The van der Waals surface area contributed by atoms with E-state index in [0.29, 0.717) is 6.04 Å². The Morgan fingerprint density at radius 1 is 1.44 bits per heavy atom. The van der Waals surface area contributed by atoms with E-state index in [1.54, 1.807) is 0 Å². The van der Waals surface area contributed by atoms with Gasteiger partial charge in [0.1, 0.15) is 0 Å². The first-order chi connectivity index (χ1) is 8.88. The van der Waals surface area contributed by atoms with Crippen LogP contribution in [-0.2, 0) is 6.42 Å². The Morgan fingerprint density at radius 2 is 2.28 bits per heavy atom. The van der Waals surface area contributed by atoms with E-state index in [1.165, 1.54) is 49.2 Å². The van der Waals surface area contributed by atoms with Crippen molar-refractivity contribution in [3.8, 4) is 0 Å². The van der Waals surface area contributed by atoms with Crippen molar-refractivity contribution >= 4 is 23.1 Å². The van der Waals surface area contributed by atoms with E-state index in [-0.39, 0.29) is 0 Å². The van der Waals surface area contributed by atoms with Gasteiger partial charge in [0.2, 0.25) is 0 Å². The SMILES string of the molecule is CCNC(CCc1cccs1)CSC1CCCC1. The zero-order valence-corrected chi connectivity index (χ0v) is 13.0. The van der Waals surface area contributed by atoms with E-state index in [2.05, 4.69) is 41.5 Å². The molecule has 0 radical (unpaired) electrons. The van der Waals surface area contributed by atoms with Gasteiger partial charge in [-0.25, -0.2) is 0 Å². The van der Waals surface area contributed by atoms with Crippen molar-refractivity contribution in [3.05, 3.63) is 22.4 Å². The summed E-state index contributed by atoms with van der Waals surface area (Å²) in [6, 6.07) is 5.12. The minimum atomic E-state index is 0.697. The third kappa shape index (κ3) is 4.94. The molecule has 0 aliphatic heterocycles. The molecule has 1 fully saturated rings. The van der Waals surface area contributed by atoms with Gasteiger partial charge in [0.05, 0.1) is 0 Å². The Labute approximate surface area is 120 Å². The van der Waals surface area contributed by atoms with Gasteiger partial charge in [-0.1, -0.05) is 25.8 Å². The molecule has 0 bridgehead atoms. The monoisotopic (exact) mass is 283 g/mol. The van der Waals surface area contributed by atoms with Crippen LogP contribution in [0.3, 0.4) is 0 Å². The molecule has 1 aromatic heterocycles. The molecule has 1 unspecified atom stereocenters. The molecule has 0 spiro atoms. The second kappa shape index (κ2) is 8.23. The van der Waals surface area contributed by atoms with Crippen LogP contribution in [0.25, 0.3) is 0 Å². The fourth-order valence-corrected chi connectivity index (χ4v) is 4.79. The molecular weight excluding hydrogens is 258 g/mol. The highest BCUT2D eigenvalue weighted by Crippen LogP contribution is 2.30. The van der Waals surface area contributed by atoms with Gasteiger partial charge in [-0.15, -0.1) is 11.3 Å². The summed E-state index contributed by atoms with van der Waals surface area (Å²) >= 11 is 4.10. The van der Waals surface area contributed by atoms with E-state index in [0.717, 1.165) is 11.8 Å². The predicted octanol–water partition coefficient (Wildman–Crippen LogP) is 4.33. The maximum Gasteiger partial charge on any atom is 0.0161 e. The molecule has 1 atom stereocenters. The van der Waals surface area contributed by atoms with Crippen molar-refractivity contribution in [3.63, 3.8) is 0 Å². The van der Waals surface area contributed by atoms with Crippen molar-refractivity contribution in [2.24, 2.45) is 0 Å². The van der Waals surface area contributed by atoms with Crippen LogP contribution in [0.5, 0.6) is 0 Å². The summed E-state index contributed by atoms with van der Waals surface area (Å²) in [7, 11) is 0. The van der Waals surface area contributed by atoms with Crippen LogP contribution in [0.2, 0.25) is 0 Å². The van der Waals surface area contributed by atoms with E-state index < -0.39 is 0 Å². The third-order valence-electron chi connectivity index (χ3n) is 3.65. The Morgan fingerprint density at radius 3 is 2.94 bits per heavy atom. The molecule has 1 aliphatic carbocycles. The fourth-order valence-electron chi connectivity index (χ4n) is 2.61. The van der Waals surface area contributed by atoms with Crippen molar-refractivity contribution in [1.29, 1.82) is 0 Å². The normalized spacial score (nSPS) is 18.3. The number of thioether (sulfide) groups is 1. The highest BCUT2D eigenvalue weighted by molar-refractivity contribution is 7.99. The number of hydrogen-bond donors (Lipinski definition) is 1. The summed E-state index contributed by atoms with van der Waals surface area (Å²) in [5.41, 5.74) is 0. The van der Waals surface area contributed by atoms with Crippen LogP contribution < -0.4 is 5.32 Å². The molecule has 3 heteroatoms. The van der Waals surface area contributed by atoms with Gasteiger partial charge in [-0.05, 0) is 43.7 Å². The number of aryl methyl sites for hydroxylation is 1. The van der Waals surface area contributed by atoms with Crippen LogP contribution in [0, 0.1) is 0 Å². The first kappa shape index (κ1) is 14.4. The average Bonchev–Trinajstić information content (AvgIpc) is 3.05. The van der Waals surface area contributed by atoms with Crippen LogP contribution in [0.4, 0.5) is 0 Å².